The van der Waals surface area contributed by atoms with Crippen LogP contribution in [0.5, 0.6) is 0 Å². The Bertz CT molecular complexity index is 666. The fraction of sp³-hybridized carbons (Fsp3) is 0.350. The standard InChI is InChI=1S/C20H23ClN2O/c1-23(18-9-3-2-4-10-18)19(15-11-13-16(21)14-12-15)20(24)22-17-7-5-6-8-17/h2-4,9-14,17,19H,5-8H2,1H3,(H,22,24)/t19-/m0/s1. The van der Waals surface area contributed by atoms with Crippen LogP contribution in [-0.4, -0.2) is 19.0 Å². The summed E-state index contributed by atoms with van der Waals surface area (Å²) < 4.78 is 0. The summed E-state index contributed by atoms with van der Waals surface area (Å²) in [5.41, 5.74) is 1.96. The number of benzene rings is 2. The molecule has 3 rings (SSSR count). The summed E-state index contributed by atoms with van der Waals surface area (Å²) in [6.45, 7) is 0. The van der Waals surface area contributed by atoms with Crippen molar-refractivity contribution in [2.45, 2.75) is 37.8 Å². The number of nitrogens with one attached hydrogen (secondary N) is 1. The van der Waals surface area contributed by atoms with Gasteiger partial charge in [-0.15, -0.1) is 0 Å². The first-order valence-electron chi connectivity index (χ1n) is 8.49. The Labute approximate surface area is 148 Å². The Morgan fingerprint density at radius 3 is 2.33 bits per heavy atom. The van der Waals surface area contributed by atoms with E-state index in [2.05, 4.69) is 5.32 Å². The quantitative estimate of drug-likeness (QED) is 0.862. The van der Waals surface area contributed by atoms with E-state index in [0.29, 0.717) is 11.1 Å². The molecule has 0 bridgehead atoms. The van der Waals surface area contributed by atoms with E-state index in [9.17, 15) is 4.79 Å². The summed E-state index contributed by atoms with van der Waals surface area (Å²) in [6.07, 6.45) is 4.55. The van der Waals surface area contributed by atoms with Crippen LogP contribution >= 0.6 is 11.6 Å². The zero-order chi connectivity index (χ0) is 16.9. The number of anilines is 1. The number of para-hydroxylation sites is 1. The van der Waals surface area contributed by atoms with Crippen LogP contribution in [0, 0.1) is 0 Å². The maximum atomic E-state index is 13.0. The van der Waals surface area contributed by atoms with Crippen molar-refractivity contribution in [1.82, 2.24) is 5.32 Å². The Balaban J connectivity index is 1.87. The van der Waals surface area contributed by atoms with Gasteiger partial charge in [-0.05, 0) is 42.7 Å². The molecule has 1 N–H and O–H groups in total. The molecule has 0 radical (unpaired) electrons. The predicted molar refractivity (Wildman–Crippen MR) is 99.4 cm³/mol. The number of hydrogen-bond acceptors (Lipinski definition) is 2. The third kappa shape index (κ3) is 3.90. The fourth-order valence-corrected chi connectivity index (χ4v) is 3.48. The van der Waals surface area contributed by atoms with Crippen LogP contribution < -0.4 is 10.2 Å². The van der Waals surface area contributed by atoms with Gasteiger partial charge in [-0.3, -0.25) is 4.79 Å². The minimum atomic E-state index is -0.370. The number of halogens is 1. The van der Waals surface area contributed by atoms with Gasteiger partial charge in [0.1, 0.15) is 6.04 Å². The van der Waals surface area contributed by atoms with E-state index in [1.807, 2.05) is 66.5 Å². The van der Waals surface area contributed by atoms with Crippen molar-refractivity contribution < 1.29 is 4.79 Å². The molecule has 24 heavy (non-hydrogen) atoms. The third-order valence-corrected chi connectivity index (χ3v) is 4.94. The number of carbonyl (C=O) groups is 1. The molecule has 4 heteroatoms. The smallest absolute Gasteiger partial charge is 0.247 e. The van der Waals surface area contributed by atoms with E-state index >= 15 is 0 Å². The predicted octanol–water partition coefficient (Wildman–Crippen LogP) is 4.58. The summed E-state index contributed by atoms with van der Waals surface area (Å²) in [6, 6.07) is 17.5. The van der Waals surface area contributed by atoms with E-state index in [0.717, 1.165) is 24.1 Å². The molecule has 1 aliphatic rings. The Morgan fingerprint density at radius 2 is 1.71 bits per heavy atom. The summed E-state index contributed by atoms with van der Waals surface area (Å²) in [7, 11) is 1.96. The van der Waals surface area contributed by atoms with E-state index in [1.54, 1.807) is 0 Å². The zero-order valence-electron chi connectivity index (χ0n) is 13.9. The molecule has 2 aromatic rings. The summed E-state index contributed by atoms with van der Waals surface area (Å²) >= 11 is 6.02. The largest absolute Gasteiger partial charge is 0.359 e. The number of amides is 1. The summed E-state index contributed by atoms with van der Waals surface area (Å²) in [5, 5.41) is 3.91. The topological polar surface area (TPSA) is 32.3 Å². The van der Waals surface area contributed by atoms with Crippen molar-refractivity contribution in [3.05, 3.63) is 65.2 Å². The molecule has 1 fully saturated rings. The average molecular weight is 343 g/mol. The number of hydrogen-bond donors (Lipinski definition) is 1. The highest BCUT2D eigenvalue weighted by atomic mass is 35.5. The van der Waals surface area contributed by atoms with Gasteiger partial charge in [-0.25, -0.2) is 0 Å². The molecule has 1 amide bonds. The van der Waals surface area contributed by atoms with Crippen molar-refractivity contribution in [3.63, 3.8) is 0 Å². The van der Waals surface area contributed by atoms with Crippen LogP contribution in [0.25, 0.3) is 0 Å². The van der Waals surface area contributed by atoms with Gasteiger partial charge in [0.2, 0.25) is 5.91 Å². The third-order valence-electron chi connectivity index (χ3n) is 4.69. The normalized spacial score (nSPS) is 15.9. The molecule has 3 nitrogen and oxygen atoms in total. The lowest BCUT2D eigenvalue weighted by Gasteiger charge is -2.30. The van der Waals surface area contributed by atoms with Gasteiger partial charge >= 0.3 is 0 Å². The van der Waals surface area contributed by atoms with Crippen LogP contribution in [0.3, 0.4) is 0 Å². The SMILES string of the molecule is CN(c1ccccc1)[C@H](C(=O)NC1CCCC1)c1ccc(Cl)cc1. The lowest BCUT2D eigenvalue weighted by atomic mass is 10.0. The maximum Gasteiger partial charge on any atom is 0.247 e. The lowest BCUT2D eigenvalue weighted by molar-refractivity contribution is -0.123. The minimum Gasteiger partial charge on any atom is -0.359 e. The van der Waals surface area contributed by atoms with Crippen molar-refractivity contribution in [3.8, 4) is 0 Å². The van der Waals surface area contributed by atoms with E-state index in [-0.39, 0.29) is 11.9 Å². The molecular weight excluding hydrogens is 320 g/mol. The molecule has 0 spiro atoms. The molecule has 1 atom stereocenters. The Kier molecular flexibility index (Phi) is 5.41. The van der Waals surface area contributed by atoms with Crippen LogP contribution in [0.2, 0.25) is 5.02 Å². The second-order valence-corrected chi connectivity index (χ2v) is 6.83. The number of rotatable bonds is 5. The molecule has 0 saturated heterocycles. The van der Waals surface area contributed by atoms with Crippen LogP contribution in [0.15, 0.2) is 54.6 Å². The highest BCUT2D eigenvalue weighted by molar-refractivity contribution is 6.30. The number of carbonyl (C=O) groups excluding carboxylic acids is 1. The lowest BCUT2D eigenvalue weighted by Crippen LogP contribution is -2.42. The molecular formula is C20H23ClN2O. The first-order chi connectivity index (χ1) is 11.6. The second-order valence-electron chi connectivity index (χ2n) is 6.39. The number of likely N-dealkylation sites (N-methyl/N-ethyl adjacent to an activating group) is 1. The molecule has 0 unspecified atom stereocenters. The highest BCUT2D eigenvalue weighted by Gasteiger charge is 2.28. The minimum absolute atomic E-state index is 0.0515. The number of nitrogens with zero attached hydrogens (tertiary/aromatic N) is 1. The Hall–Kier alpha value is -2.00. The fourth-order valence-electron chi connectivity index (χ4n) is 3.36. The van der Waals surface area contributed by atoms with E-state index in [4.69, 9.17) is 11.6 Å². The summed E-state index contributed by atoms with van der Waals surface area (Å²) in [4.78, 5) is 15.0. The first-order valence-corrected chi connectivity index (χ1v) is 8.86. The monoisotopic (exact) mass is 342 g/mol. The van der Waals surface area contributed by atoms with E-state index in [1.165, 1.54) is 12.8 Å². The van der Waals surface area contributed by atoms with Gasteiger partial charge in [-0.2, -0.15) is 0 Å². The highest BCUT2D eigenvalue weighted by Crippen LogP contribution is 2.28. The van der Waals surface area contributed by atoms with Crippen LogP contribution in [-0.2, 0) is 4.79 Å². The van der Waals surface area contributed by atoms with Gasteiger partial charge < -0.3 is 10.2 Å². The van der Waals surface area contributed by atoms with Crippen LogP contribution in [0.4, 0.5) is 5.69 Å². The van der Waals surface area contributed by atoms with Gasteiger partial charge in [0, 0.05) is 23.8 Å². The van der Waals surface area contributed by atoms with E-state index < -0.39 is 0 Å². The van der Waals surface area contributed by atoms with Crippen molar-refractivity contribution in [1.29, 1.82) is 0 Å². The average Bonchev–Trinajstić information content (AvgIpc) is 3.10. The molecule has 126 valence electrons. The van der Waals surface area contributed by atoms with Gasteiger partial charge in [0.05, 0.1) is 0 Å². The van der Waals surface area contributed by atoms with Gasteiger partial charge in [0.15, 0.2) is 0 Å². The molecule has 0 aliphatic heterocycles. The van der Waals surface area contributed by atoms with Gasteiger partial charge in [0.25, 0.3) is 0 Å². The zero-order valence-corrected chi connectivity index (χ0v) is 14.7. The van der Waals surface area contributed by atoms with Crippen LogP contribution in [0.1, 0.15) is 37.3 Å². The molecule has 1 saturated carbocycles. The second kappa shape index (κ2) is 7.71. The van der Waals surface area contributed by atoms with Crippen molar-refractivity contribution >= 4 is 23.2 Å². The van der Waals surface area contributed by atoms with Crippen molar-refractivity contribution in [2.75, 3.05) is 11.9 Å². The van der Waals surface area contributed by atoms with Gasteiger partial charge in [-0.1, -0.05) is 54.8 Å². The van der Waals surface area contributed by atoms with Crippen molar-refractivity contribution in [2.24, 2.45) is 0 Å². The summed E-state index contributed by atoms with van der Waals surface area (Å²) in [5.74, 6) is 0.0515. The molecule has 0 aromatic heterocycles. The Morgan fingerprint density at radius 1 is 1.08 bits per heavy atom. The molecule has 2 aromatic carbocycles. The maximum absolute atomic E-state index is 13.0. The first kappa shape index (κ1) is 16.8. The molecule has 0 heterocycles. The molecule has 1 aliphatic carbocycles.